The Hall–Kier alpha value is -3.11. The van der Waals surface area contributed by atoms with Crippen LogP contribution in [0.4, 0.5) is 11.4 Å². The Balaban J connectivity index is 0.000000204. The zero-order chi connectivity index (χ0) is 25.1. The fourth-order valence-electron chi connectivity index (χ4n) is 3.54. The van der Waals surface area contributed by atoms with Crippen LogP contribution in [-0.4, -0.2) is 48.5 Å². The second kappa shape index (κ2) is 10.0. The Morgan fingerprint density at radius 1 is 1.12 bits per heavy atom. The predicted molar refractivity (Wildman–Crippen MR) is 134 cm³/mol. The molecule has 2 unspecified atom stereocenters. The van der Waals surface area contributed by atoms with Crippen LogP contribution in [0.5, 0.6) is 0 Å². The number of rotatable bonds is 4. The first kappa shape index (κ1) is 25.5. The van der Waals surface area contributed by atoms with Crippen molar-refractivity contribution in [1.29, 1.82) is 0 Å². The van der Waals surface area contributed by atoms with Gasteiger partial charge in [0.25, 0.3) is 10.0 Å². The van der Waals surface area contributed by atoms with Crippen LogP contribution in [0, 0.1) is 12.3 Å². The van der Waals surface area contributed by atoms with Gasteiger partial charge in [0.05, 0.1) is 33.2 Å². The summed E-state index contributed by atoms with van der Waals surface area (Å²) in [5.41, 5.74) is 1.46. The first-order valence-corrected chi connectivity index (χ1v) is 12.8. The summed E-state index contributed by atoms with van der Waals surface area (Å²) >= 11 is 3.10. The van der Waals surface area contributed by atoms with Crippen molar-refractivity contribution >= 4 is 49.3 Å². The van der Waals surface area contributed by atoms with E-state index in [0.29, 0.717) is 23.7 Å². The van der Waals surface area contributed by atoms with Crippen LogP contribution in [0.25, 0.3) is 0 Å². The van der Waals surface area contributed by atoms with Crippen molar-refractivity contribution < 1.29 is 28.2 Å². The number of benzene rings is 2. The number of sulfonamides is 1. The van der Waals surface area contributed by atoms with Crippen LogP contribution in [0.3, 0.4) is 0 Å². The Morgan fingerprint density at radius 2 is 1.76 bits per heavy atom. The molecule has 0 fully saturated rings. The highest BCUT2D eigenvalue weighted by Gasteiger charge is 2.43. The molecule has 0 amide bonds. The summed E-state index contributed by atoms with van der Waals surface area (Å²) in [6, 6.07) is 14.4. The van der Waals surface area contributed by atoms with Crippen molar-refractivity contribution in [2.45, 2.75) is 23.6 Å². The number of halogens is 1. The predicted octanol–water partition coefficient (Wildman–Crippen LogP) is 4.04. The van der Waals surface area contributed by atoms with Crippen LogP contribution in [0.15, 0.2) is 77.2 Å². The molecule has 2 aromatic carbocycles. The van der Waals surface area contributed by atoms with Crippen LogP contribution >= 0.6 is 15.9 Å². The lowest BCUT2D eigenvalue weighted by Gasteiger charge is -2.31. The number of alkyl halides is 1. The van der Waals surface area contributed by atoms with Gasteiger partial charge in [-0.05, 0) is 38.1 Å². The number of anilines is 2. The minimum Gasteiger partial charge on any atom is -0.481 e. The smallest absolute Gasteiger partial charge is 0.332 e. The van der Waals surface area contributed by atoms with Gasteiger partial charge >= 0.3 is 11.9 Å². The number of carboxylic acid groups (broad SMARTS) is 2. The first-order chi connectivity index (χ1) is 16.0. The zero-order valence-corrected chi connectivity index (χ0v) is 21.0. The molecule has 0 saturated heterocycles. The Bertz CT molecular complexity index is 1260. The lowest BCUT2D eigenvalue weighted by atomic mass is 9.80. The molecule has 2 atom stereocenters. The van der Waals surface area contributed by atoms with Gasteiger partial charge in [-0.15, -0.1) is 0 Å². The fraction of sp³-hybridized carbons (Fsp3) is 0.250. The van der Waals surface area contributed by atoms with E-state index >= 15 is 0 Å². The van der Waals surface area contributed by atoms with E-state index in [4.69, 9.17) is 10.2 Å². The van der Waals surface area contributed by atoms with Crippen molar-refractivity contribution in [1.82, 2.24) is 0 Å². The van der Waals surface area contributed by atoms with Gasteiger partial charge in [-0.3, -0.25) is 9.10 Å². The third-order valence-corrected chi connectivity index (χ3v) is 8.91. The quantitative estimate of drug-likeness (QED) is 0.492. The summed E-state index contributed by atoms with van der Waals surface area (Å²) in [5.74, 6) is -2.16. The molecule has 3 N–H and O–H groups in total. The molecule has 34 heavy (non-hydrogen) atoms. The van der Waals surface area contributed by atoms with Gasteiger partial charge < -0.3 is 15.5 Å². The van der Waals surface area contributed by atoms with Gasteiger partial charge in [0.15, 0.2) is 0 Å². The van der Waals surface area contributed by atoms with Gasteiger partial charge in [0.2, 0.25) is 0 Å². The van der Waals surface area contributed by atoms with E-state index in [1.54, 1.807) is 12.1 Å². The number of para-hydroxylation sites is 2. The monoisotopic (exact) mass is 548 g/mol. The van der Waals surface area contributed by atoms with Gasteiger partial charge in [-0.25, -0.2) is 13.2 Å². The highest BCUT2D eigenvalue weighted by molar-refractivity contribution is 9.09. The number of carbonyl (C=O) groups is 2. The standard InChI is InChI=1S/C15H16N2O2S.C9H9BrO4/c1-12-6-8-13(9-7-12)20(18,19)17-11-10-16-14-4-2-3-5-15(14)17;1-9(8(13)14)4-2-3-5(6(9)10)7(11)12/h2-9,16H,10-11H2,1H3;2-4,6H,1H3,(H,11,12)(H,13,14). The number of nitrogens with one attached hydrogen (secondary N) is 1. The van der Waals surface area contributed by atoms with E-state index in [0.717, 1.165) is 11.3 Å². The summed E-state index contributed by atoms with van der Waals surface area (Å²) in [6.07, 6.45) is 4.32. The number of nitrogens with zero attached hydrogens (tertiary/aromatic N) is 1. The Labute approximate surface area is 206 Å². The third-order valence-electron chi connectivity index (χ3n) is 5.64. The number of fused-ring (bicyclic) bond motifs is 1. The van der Waals surface area contributed by atoms with E-state index < -0.39 is 32.2 Å². The Kier molecular flexibility index (Phi) is 7.52. The normalized spacial score (nSPS) is 21.3. The topological polar surface area (TPSA) is 124 Å². The van der Waals surface area contributed by atoms with Gasteiger partial charge in [0, 0.05) is 6.54 Å². The van der Waals surface area contributed by atoms with E-state index in [9.17, 15) is 18.0 Å². The summed E-state index contributed by atoms with van der Waals surface area (Å²) in [5, 5.41) is 21.0. The maximum Gasteiger partial charge on any atom is 0.332 e. The maximum atomic E-state index is 12.8. The van der Waals surface area contributed by atoms with Gasteiger partial charge in [-0.1, -0.05) is 64.0 Å². The average molecular weight is 549 g/mol. The molecule has 0 aromatic heterocycles. The van der Waals surface area contributed by atoms with Crippen LogP contribution in [0.1, 0.15) is 12.5 Å². The van der Waals surface area contributed by atoms with Crippen molar-refractivity contribution in [2.75, 3.05) is 22.7 Å². The molecule has 0 saturated carbocycles. The number of hydrogen-bond donors (Lipinski definition) is 3. The number of aryl methyl sites for hydroxylation is 1. The molecule has 2 aliphatic rings. The second-order valence-electron chi connectivity index (χ2n) is 8.07. The lowest BCUT2D eigenvalue weighted by Crippen LogP contribution is -2.38. The SMILES string of the molecule is CC1(C(=O)O)C=CC=C(C(=O)O)C1Br.Cc1ccc(S(=O)(=O)N2CCNc3ccccc32)cc1. The minimum atomic E-state index is -3.50. The molecule has 180 valence electrons. The summed E-state index contributed by atoms with van der Waals surface area (Å²) in [7, 11) is -3.50. The molecule has 10 heteroatoms. The highest BCUT2D eigenvalue weighted by Crippen LogP contribution is 2.37. The molecule has 1 heterocycles. The molecule has 4 rings (SSSR count). The van der Waals surface area contributed by atoms with Gasteiger partial charge in [0.1, 0.15) is 5.41 Å². The second-order valence-corrected chi connectivity index (χ2v) is 10.8. The number of allylic oxidation sites excluding steroid dienone is 2. The van der Waals surface area contributed by atoms with Crippen molar-refractivity contribution in [2.24, 2.45) is 5.41 Å². The van der Waals surface area contributed by atoms with Crippen LogP contribution in [0.2, 0.25) is 0 Å². The van der Waals surface area contributed by atoms with Crippen molar-refractivity contribution in [3.05, 3.63) is 77.9 Å². The van der Waals surface area contributed by atoms with Crippen molar-refractivity contribution in [3.8, 4) is 0 Å². The molecule has 8 nitrogen and oxygen atoms in total. The molecule has 0 bridgehead atoms. The summed E-state index contributed by atoms with van der Waals surface area (Å²) < 4.78 is 27.0. The molecule has 1 aliphatic carbocycles. The molecule has 2 aromatic rings. The van der Waals surface area contributed by atoms with Gasteiger partial charge in [-0.2, -0.15) is 0 Å². The molecule has 0 radical (unpaired) electrons. The zero-order valence-electron chi connectivity index (χ0n) is 18.6. The molecular formula is C24H25BrN2O6S. The number of hydrogen-bond acceptors (Lipinski definition) is 5. The lowest BCUT2D eigenvalue weighted by molar-refractivity contribution is -0.145. The molecular weight excluding hydrogens is 524 g/mol. The number of carboxylic acids is 2. The van der Waals surface area contributed by atoms with E-state index in [2.05, 4.69) is 21.2 Å². The van der Waals surface area contributed by atoms with Crippen molar-refractivity contribution in [3.63, 3.8) is 0 Å². The summed E-state index contributed by atoms with van der Waals surface area (Å²) in [4.78, 5) is 21.3. The largest absolute Gasteiger partial charge is 0.481 e. The highest BCUT2D eigenvalue weighted by atomic mass is 79.9. The third kappa shape index (κ3) is 5.02. The first-order valence-electron chi connectivity index (χ1n) is 10.4. The summed E-state index contributed by atoms with van der Waals surface area (Å²) in [6.45, 7) is 4.47. The van der Waals surface area contributed by atoms with E-state index in [1.165, 1.54) is 29.5 Å². The fourth-order valence-corrected chi connectivity index (χ4v) is 5.72. The maximum absolute atomic E-state index is 12.8. The minimum absolute atomic E-state index is 0.0531. The Morgan fingerprint density at radius 3 is 2.38 bits per heavy atom. The van der Waals surface area contributed by atoms with E-state index in [-0.39, 0.29) is 5.57 Å². The number of aliphatic carboxylic acids is 2. The van der Waals surface area contributed by atoms with E-state index in [1.807, 2.05) is 43.3 Å². The molecule has 1 aliphatic heterocycles. The average Bonchev–Trinajstić information content (AvgIpc) is 2.81. The van der Waals surface area contributed by atoms with Crippen LogP contribution < -0.4 is 9.62 Å². The van der Waals surface area contributed by atoms with Crippen LogP contribution in [-0.2, 0) is 19.6 Å². The molecule has 0 spiro atoms.